The lowest BCUT2D eigenvalue weighted by atomic mass is 10.2. The van der Waals surface area contributed by atoms with Crippen LogP contribution in [0.15, 0.2) is 24.5 Å². The van der Waals surface area contributed by atoms with E-state index in [0.29, 0.717) is 0 Å². The summed E-state index contributed by atoms with van der Waals surface area (Å²) >= 11 is 0. The molecule has 0 aliphatic carbocycles. The summed E-state index contributed by atoms with van der Waals surface area (Å²) in [5.41, 5.74) is 1.18. The fourth-order valence-corrected chi connectivity index (χ4v) is 1.47. The number of hydrogen-bond donors (Lipinski definition) is 1. The van der Waals surface area contributed by atoms with E-state index in [0.717, 1.165) is 26.2 Å². The van der Waals surface area contributed by atoms with Crippen molar-refractivity contribution in [3.63, 3.8) is 0 Å². The van der Waals surface area contributed by atoms with Gasteiger partial charge in [-0.1, -0.05) is 6.07 Å². The molecular weight excluding hydrogens is 162 g/mol. The molecule has 1 aliphatic rings. The van der Waals surface area contributed by atoms with Crippen LogP contribution in [-0.2, 0) is 0 Å². The Morgan fingerprint density at radius 1 is 1.38 bits per heavy atom. The molecule has 0 amide bonds. The first kappa shape index (κ1) is 8.66. The second-order valence-corrected chi connectivity index (χ2v) is 3.20. The highest BCUT2D eigenvalue weighted by molar-refractivity contribution is 5.17. The highest BCUT2D eigenvalue weighted by Crippen LogP contribution is 2.05. The molecule has 0 atom stereocenters. The van der Waals surface area contributed by atoms with E-state index in [-0.39, 0.29) is 0 Å². The molecule has 3 nitrogen and oxygen atoms in total. The van der Waals surface area contributed by atoms with E-state index < -0.39 is 0 Å². The number of pyridine rings is 1. The molecule has 0 bridgehead atoms. The van der Waals surface area contributed by atoms with E-state index >= 15 is 0 Å². The summed E-state index contributed by atoms with van der Waals surface area (Å²) in [7, 11) is 0. The van der Waals surface area contributed by atoms with Crippen LogP contribution < -0.4 is 5.32 Å². The highest BCUT2D eigenvalue weighted by atomic mass is 15.2. The van der Waals surface area contributed by atoms with Gasteiger partial charge in [0.2, 0.25) is 0 Å². The summed E-state index contributed by atoms with van der Waals surface area (Å²) in [6.45, 7) is 6.52. The molecule has 1 radical (unpaired) electrons. The Balaban J connectivity index is 1.90. The smallest absolute Gasteiger partial charge is 0.0562 e. The molecule has 1 aromatic heterocycles. The molecule has 1 aliphatic heterocycles. The van der Waals surface area contributed by atoms with E-state index in [2.05, 4.69) is 27.8 Å². The van der Waals surface area contributed by atoms with Gasteiger partial charge >= 0.3 is 0 Å². The molecule has 1 N–H and O–H groups in total. The third-order valence-electron chi connectivity index (χ3n) is 2.17. The number of nitrogens with zero attached hydrogens (tertiary/aromatic N) is 2. The predicted octanol–water partition coefficient (Wildman–Crippen LogP) is 0.497. The van der Waals surface area contributed by atoms with E-state index in [9.17, 15) is 0 Å². The second-order valence-electron chi connectivity index (χ2n) is 3.20. The maximum absolute atomic E-state index is 4.08. The summed E-state index contributed by atoms with van der Waals surface area (Å²) in [5, 5.41) is 3.32. The third-order valence-corrected chi connectivity index (χ3v) is 2.17. The molecule has 0 saturated carbocycles. The molecule has 1 saturated heterocycles. The lowest BCUT2D eigenvalue weighted by molar-refractivity contribution is 0.299. The molecule has 0 aromatic carbocycles. The molecule has 13 heavy (non-hydrogen) atoms. The molecule has 0 spiro atoms. The zero-order chi connectivity index (χ0) is 8.93. The lowest BCUT2D eigenvalue weighted by Crippen LogP contribution is -2.42. The van der Waals surface area contributed by atoms with Gasteiger partial charge in [0.15, 0.2) is 0 Å². The van der Waals surface area contributed by atoms with Gasteiger partial charge in [-0.3, -0.25) is 9.88 Å². The molecular formula is C10H14N3. The molecule has 0 unspecified atom stereocenters. The van der Waals surface area contributed by atoms with E-state index in [1.54, 1.807) is 6.20 Å². The van der Waals surface area contributed by atoms with Crippen LogP contribution in [0.5, 0.6) is 0 Å². The highest BCUT2D eigenvalue weighted by Gasteiger charge is 2.09. The van der Waals surface area contributed by atoms with Crippen LogP contribution in [0.25, 0.3) is 0 Å². The maximum atomic E-state index is 4.08. The molecule has 1 aromatic rings. The quantitative estimate of drug-likeness (QED) is 0.711. The van der Waals surface area contributed by atoms with Crippen molar-refractivity contribution in [1.29, 1.82) is 0 Å². The average Bonchev–Trinajstić information content (AvgIpc) is 2.21. The van der Waals surface area contributed by atoms with Gasteiger partial charge in [0.1, 0.15) is 0 Å². The molecule has 2 rings (SSSR count). The molecule has 69 valence electrons. The van der Waals surface area contributed by atoms with E-state index in [4.69, 9.17) is 0 Å². The van der Waals surface area contributed by atoms with Crippen molar-refractivity contribution >= 4 is 0 Å². The van der Waals surface area contributed by atoms with E-state index in [1.165, 1.54) is 5.56 Å². The van der Waals surface area contributed by atoms with Crippen molar-refractivity contribution in [2.45, 2.75) is 0 Å². The van der Waals surface area contributed by atoms with Crippen LogP contribution >= 0.6 is 0 Å². The third kappa shape index (κ3) is 2.50. The van der Waals surface area contributed by atoms with E-state index in [1.807, 2.05) is 12.3 Å². The van der Waals surface area contributed by atoms with Gasteiger partial charge in [0.05, 0.1) is 6.54 Å². The Kier molecular flexibility index (Phi) is 2.90. The fourth-order valence-electron chi connectivity index (χ4n) is 1.47. The van der Waals surface area contributed by atoms with Crippen LogP contribution in [0.2, 0.25) is 0 Å². The zero-order valence-electron chi connectivity index (χ0n) is 7.61. The minimum atomic E-state index is 1.08. The largest absolute Gasteiger partial charge is 0.314 e. The van der Waals surface area contributed by atoms with Gasteiger partial charge in [-0.05, 0) is 11.6 Å². The average molecular weight is 176 g/mol. The first-order valence-electron chi connectivity index (χ1n) is 4.65. The normalized spacial score (nSPS) is 18.8. The zero-order valence-corrected chi connectivity index (χ0v) is 7.61. The predicted molar refractivity (Wildman–Crippen MR) is 52.1 cm³/mol. The monoisotopic (exact) mass is 176 g/mol. The summed E-state index contributed by atoms with van der Waals surface area (Å²) in [5.74, 6) is 0. The van der Waals surface area contributed by atoms with Gasteiger partial charge in [-0.25, -0.2) is 0 Å². The summed E-state index contributed by atoms with van der Waals surface area (Å²) in [6, 6.07) is 4.04. The van der Waals surface area contributed by atoms with Crippen LogP contribution in [0.3, 0.4) is 0 Å². The van der Waals surface area contributed by atoms with Gasteiger partial charge < -0.3 is 5.32 Å². The topological polar surface area (TPSA) is 28.2 Å². The van der Waals surface area contributed by atoms with Gasteiger partial charge in [0.25, 0.3) is 0 Å². The van der Waals surface area contributed by atoms with Crippen LogP contribution in [-0.4, -0.2) is 36.1 Å². The first-order chi connectivity index (χ1) is 6.45. The molecule has 3 heteroatoms. The van der Waals surface area contributed by atoms with Crippen LogP contribution in [0.1, 0.15) is 5.56 Å². The lowest BCUT2D eigenvalue weighted by Gasteiger charge is -2.26. The fraction of sp³-hybridized carbons (Fsp3) is 0.400. The second kappa shape index (κ2) is 4.35. The Bertz CT molecular complexity index is 242. The van der Waals surface area contributed by atoms with Crippen molar-refractivity contribution < 1.29 is 0 Å². The van der Waals surface area contributed by atoms with Crippen LogP contribution in [0, 0.1) is 6.54 Å². The minimum absolute atomic E-state index is 1.08. The van der Waals surface area contributed by atoms with Gasteiger partial charge in [0, 0.05) is 38.6 Å². The van der Waals surface area contributed by atoms with Crippen molar-refractivity contribution in [3.05, 3.63) is 36.6 Å². The number of rotatable bonds is 2. The number of hydrogen-bond acceptors (Lipinski definition) is 3. The van der Waals surface area contributed by atoms with Gasteiger partial charge in [-0.2, -0.15) is 0 Å². The van der Waals surface area contributed by atoms with Crippen molar-refractivity contribution in [3.8, 4) is 0 Å². The SMILES string of the molecule is [CH](c1cccnc1)N1CCNCC1. The molecule has 2 heterocycles. The van der Waals surface area contributed by atoms with Crippen molar-refractivity contribution in [2.75, 3.05) is 26.2 Å². The van der Waals surface area contributed by atoms with Crippen molar-refractivity contribution in [1.82, 2.24) is 15.2 Å². The summed E-state index contributed by atoms with van der Waals surface area (Å²) in [6.07, 6.45) is 3.69. The first-order valence-corrected chi connectivity index (χ1v) is 4.65. The Labute approximate surface area is 78.8 Å². The Hall–Kier alpha value is -0.930. The van der Waals surface area contributed by atoms with Crippen LogP contribution in [0.4, 0.5) is 0 Å². The Morgan fingerprint density at radius 2 is 2.23 bits per heavy atom. The van der Waals surface area contributed by atoms with Crippen molar-refractivity contribution in [2.24, 2.45) is 0 Å². The standard InChI is InChI=1S/C10H14N3/c1-2-10(8-12-3-1)9-13-6-4-11-5-7-13/h1-3,8-9,11H,4-7H2. The minimum Gasteiger partial charge on any atom is -0.314 e. The summed E-state index contributed by atoms with van der Waals surface area (Å²) in [4.78, 5) is 6.40. The maximum Gasteiger partial charge on any atom is 0.0562 e. The summed E-state index contributed by atoms with van der Waals surface area (Å²) < 4.78 is 0. The number of aromatic nitrogens is 1. The number of piperazine rings is 1. The number of nitrogens with one attached hydrogen (secondary N) is 1. The van der Waals surface area contributed by atoms with Gasteiger partial charge in [-0.15, -0.1) is 0 Å². The molecule has 1 fully saturated rings. The Morgan fingerprint density at radius 3 is 2.92 bits per heavy atom.